The zero-order valence-electron chi connectivity index (χ0n) is 79.2. The molecule has 0 saturated heterocycles. The molecule has 0 N–H and O–H groups in total. The molecule has 12 aromatic rings. The van der Waals surface area contributed by atoms with Crippen molar-refractivity contribution < 1.29 is 116 Å². The minimum absolute atomic E-state index is 0.0256. The Morgan fingerprint density at radius 3 is 1.23 bits per heavy atom. The number of carbonyl (C=O) groups is 6. The highest BCUT2D eigenvalue weighted by molar-refractivity contribution is 6.37. The number of fused-ring (bicyclic) bond motifs is 6. The van der Waals surface area contributed by atoms with Crippen LogP contribution in [0.1, 0.15) is 221 Å². The van der Waals surface area contributed by atoms with E-state index in [4.69, 9.17) is 63.7 Å². The predicted molar refractivity (Wildman–Crippen MR) is 484 cm³/mol. The van der Waals surface area contributed by atoms with Gasteiger partial charge in [-0.05, 0) is 280 Å². The summed E-state index contributed by atoms with van der Waals surface area (Å²) in [6.07, 6.45) is -0.149. The lowest BCUT2D eigenvalue weighted by Gasteiger charge is -2.22. The molecule has 0 spiro atoms. The fourth-order valence-corrected chi connectivity index (χ4v) is 13.2. The van der Waals surface area contributed by atoms with Gasteiger partial charge in [0.15, 0.2) is 69.5 Å². The molecule has 6 aromatic carbocycles. The van der Waals surface area contributed by atoms with Gasteiger partial charge in [-0.15, -0.1) is 0 Å². The van der Waals surface area contributed by atoms with E-state index in [1.807, 2.05) is 102 Å². The fraction of sp³-hybridized carbons (Fsp3) is 0.443. The maximum absolute atomic E-state index is 14.6. The first kappa shape index (κ1) is 104. The number of nitrogens with zero attached hydrogens (tertiary/aromatic N) is 6. The molecule has 0 aliphatic heterocycles. The van der Waals surface area contributed by atoms with E-state index in [0.717, 1.165) is 43.9 Å². The molecule has 32 heteroatoms. The first-order chi connectivity index (χ1) is 59.4. The first-order valence-corrected chi connectivity index (χ1v) is 42.3. The van der Waals surface area contributed by atoms with Crippen molar-refractivity contribution >= 4 is 113 Å². The number of rotatable bonds is 12. The van der Waals surface area contributed by atoms with Crippen molar-refractivity contribution in [3.63, 3.8) is 0 Å². The largest absolute Gasteiger partial charge is 0.488 e. The Bertz CT molecular complexity index is 6120. The molecule has 129 heavy (non-hydrogen) atoms. The molecule has 0 saturated carbocycles. The van der Waals surface area contributed by atoms with Gasteiger partial charge in [0.2, 0.25) is 5.91 Å². The summed E-state index contributed by atoms with van der Waals surface area (Å²) in [4.78, 5) is 71.7. The zero-order valence-corrected chi connectivity index (χ0v) is 79.9. The number of ether oxygens (including phenoxy) is 11. The van der Waals surface area contributed by atoms with E-state index < -0.39 is 111 Å². The maximum Gasteiger partial charge on any atom is 0.419 e. The molecule has 0 radical (unpaired) electrons. The van der Waals surface area contributed by atoms with Crippen molar-refractivity contribution in [2.45, 2.75) is 273 Å². The molecule has 23 nitrogen and oxygen atoms in total. The van der Waals surface area contributed by atoms with Crippen LogP contribution in [0.15, 0.2) is 103 Å². The van der Waals surface area contributed by atoms with Crippen molar-refractivity contribution in [3.8, 4) is 34.5 Å². The summed E-state index contributed by atoms with van der Waals surface area (Å²) in [5.74, 6) is -5.61. The van der Waals surface area contributed by atoms with E-state index in [1.54, 1.807) is 154 Å². The molecule has 12 rings (SSSR count). The highest BCUT2D eigenvalue weighted by Gasteiger charge is 2.31. The lowest BCUT2D eigenvalue weighted by Crippen LogP contribution is -2.24. The fourth-order valence-electron chi connectivity index (χ4n) is 13.0. The smallest absolute Gasteiger partial charge is 0.419 e. The van der Waals surface area contributed by atoms with Gasteiger partial charge in [-0.2, -0.15) is 0 Å². The Hall–Kier alpha value is -11.9. The molecule has 0 amide bonds. The quantitative estimate of drug-likeness (QED) is 0.0817. The highest BCUT2D eigenvalue weighted by atomic mass is 35.5. The van der Waals surface area contributed by atoms with Crippen LogP contribution in [-0.4, -0.2) is 129 Å². The Morgan fingerprint density at radius 1 is 0.357 bits per heavy atom. The van der Waals surface area contributed by atoms with Gasteiger partial charge in [0.05, 0.1) is 75.3 Å². The minimum Gasteiger partial charge on any atom is -0.488 e. The number of benzene rings is 6. The number of aromatic nitrogens is 6. The second-order valence-electron chi connectivity index (χ2n) is 37.0. The monoisotopic (exact) mass is 1830 g/mol. The number of hydrogen-bond acceptors (Lipinski definition) is 17. The molecule has 702 valence electrons. The van der Waals surface area contributed by atoms with Gasteiger partial charge in [-0.3, -0.25) is 13.9 Å². The third kappa shape index (κ3) is 26.7. The molecule has 6 heterocycles. The van der Waals surface area contributed by atoms with Crippen LogP contribution in [0.2, 0.25) is 5.02 Å². The van der Waals surface area contributed by atoms with E-state index in [0.29, 0.717) is 56.1 Å². The van der Waals surface area contributed by atoms with E-state index in [9.17, 15) is 63.9 Å². The summed E-state index contributed by atoms with van der Waals surface area (Å²) >= 11 is 6.45. The van der Waals surface area contributed by atoms with Crippen molar-refractivity contribution in [1.29, 1.82) is 0 Å². The standard InChI is InChI=1S/C17H22ClNO3.C17H21F2NO3.C17H22FNO3.C16H20FNO3.C15H17F2NO3.C15H17F2NO2/c1-10(2)21-16(20)19-11(3)9-12-13(19)7-8-14(15(12)18)22-17(4,5)6;1-6-7-22-16(21)20-10(2)8-11-13(20)9-12(18)15(14(11)19)23-17(3,4)5;1-10(2)21-16(20)19-11(3)15(18)13-9-12(7-8-14(13)19)22-17(4,5)6;1-10(2)20-15(19)18-9-8-11-12(18)6-7-13(14(11)17)21-16(3,4)5;1-5-20-14(19)18-7-6-9-12(17)11(21-15(2,3)4)8-10(16)13(9)18;1-8-6-10-12(18(8)9(2)19)7-11(16)14(13(10)17)20-15(3,4)5/h7-10H,1-6H3;8-9H,6-7H2,1-5H3;7-10H,1-6H3;6-10H,1-5H3;6-8H,5H2,1-4H3;6-7H,1-5H3. The molecule has 0 bridgehead atoms. The highest BCUT2D eigenvalue weighted by Crippen LogP contribution is 2.41. The second-order valence-corrected chi connectivity index (χ2v) is 37.4. The van der Waals surface area contributed by atoms with Gasteiger partial charge in [0.25, 0.3) is 0 Å². The van der Waals surface area contributed by atoms with Crippen LogP contribution in [0.3, 0.4) is 0 Å². The molecular weight excluding hydrogens is 1710 g/mol. The molecule has 0 atom stereocenters. The van der Waals surface area contributed by atoms with Gasteiger partial charge >= 0.3 is 30.5 Å². The number of carbonyl (C=O) groups excluding carboxylic acids is 6. The molecule has 0 aliphatic rings. The summed E-state index contributed by atoms with van der Waals surface area (Å²) in [5, 5.41) is 2.24. The van der Waals surface area contributed by atoms with Gasteiger partial charge < -0.3 is 52.1 Å². The molecule has 0 fully saturated rings. The van der Waals surface area contributed by atoms with Crippen LogP contribution < -0.4 is 28.4 Å². The summed E-state index contributed by atoms with van der Waals surface area (Å²) in [5.41, 5.74) is 0.520. The van der Waals surface area contributed by atoms with Crippen LogP contribution in [0.5, 0.6) is 34.5 Å². The Kier molecular flexibility index (Phi) is 33.3. The van der Waals surface area contributed by atoms with Crippen LogP contribution >= 0.6 is 11.6 Å². The van der Waals surface area contributed by atoms with E-state index in [2.05, 4.69) is 0 Å². The van der Waals surface area contributed by atoms with Crippen molar-refractivity contribution in [1.82, 2.24) is 27.4 Å². The average Bonchev–Trinajstić information content (AvgIpc) is 1.68. The Balaban J connectivity index is 0.000000212. The lowest BCUT2D eigenvalue weighted by atomic mass is 10.1. The summed E-state index contributed by atoms with van der Waals surface area (Å²) in [6.45, 7) is 55.3. The summed E-state index contributed by atoms with van der Waals surface area (Å²) in [7, 11) is 0. The van der Waals surface area contributed by atoms with E-state index in [-0.39, 0.29) is 98.5 Å². The van der Waals surface area contributed by atoms with E-state index >= 15 is 0 Å². The van der Waals surface area contributed by atoms with Gasteiger partial charge in [0.1, 0.15) is 45.1 Å². The number of aryl methyl sites for hydroxylation is 3. The summed E-state index contributed by atoms with van der Waals surface area (Å²) in [6, 6.07) is 22.7. The first-order valence-electron chi connectivity index (χ1n) is 41.9. The van der Waals surface area contributed by atoms with Crippen molar-refractivity contribution in [2.24, 2.45) is 0 Å². The SMILES string of the molecule is CC(=O)n1c(C)cc2c(F)c(OC(C)(C)C)c(F)cc21.CC(C)OC(=O)n1ccc2c(F)c(OC(C)(C)C)ccc21.CCCOC(=O)n1c(C)cc2c(F)c(OC(C)(C)C)c(F)cc21.CCOC(=O)n1ccc2c(F)c(OC(C)(C)C)cc(F)c21.Cc1c(F)c2cc(OC(C)(C)C)ccc2n1C(=O)OC(C)C.Cc1cc2c(Cl)c(OC(C)(C)C)ccc2n1C(=O)OC(C)C. The number of halogens is 9. The van der Waals surface area contributed by atoms with Crippen LogP contribution in [0, 0.1) is 74.2 Å². The molecule has 6 aromatic heterocycles. The Morgan fingerprint density at radius 2 is 0.752 bits per heavy atom. The molecule has 0 unspecified atom stereocenters. The third-order valence-corrected chi connectivity index (χ3v) is 17.9. The minimum atomic E-state index is -0.854. The van der Waals surface area contributed by atoms with Crippen molar-refractivity contribution in [3.05, 3.63) is 178 Å². The average molecular weight is 1830 g/mol. The number of hydrogen-bond donors (Lipinski definition) is 0. The topological polar surface area (TPSA) is 234 Å². The normalized spacial score (nSPS) is 11.9. The van der Waals surface area contributed by atoms with Crippen LogP contribution in [-0.2, 0) is 23.7 Å². The van der Waals surface area contributed by atoms with Crippen LogP contribution in [0.4, 0.5) is 59.1 Å². The van der Waals surface area contributed by atoms with E-state index in [1.165, 1.54) is 61.9 Å². The summed E-state index contributed by atoms with van der Waals surface area (Å²) < 4.78 is 181. The zero-order chi connectivity index (χ0) is 97.5. The third-order valence-electron chi connectivity index (χ3n) is 17.5. The Labute approximate surface area is 751 Å². The molecule has 0 aliphatic carbocycles. The van der Waals surface area contributed by atoms with Gasteiger partial charge in [-0.25, -0.2) is 77.4 Å². The predicted octanol–water partition coefficient (Wildman–Crippen LogP) is 27.2. The lowest BCUT2D eigenvalue weighted by molar-refractivity contribution is 0.0937. The second kappa shape index (κ2) is 41.3. The molecular formula is C97H119ClF8N6O17. The van der Waals surface area contributed by atoms with Crippen LogP contribution in [0.25, 0.3) is 65.4 Å². The van der Waals surface area contributed by atoms with Crippen molar-refractivity contribution in [2.75, 3.05) is 13.2 Å². The van der Waals surface area contributed by atoms with Gasteiger partial charge in [-0.1, -0.05) is 18.5 Å². The van der Waals surface area contributed by atoms with Gasteiger partial charge in [0, 0.05) is 86.9 Å². The maximum atomic E-state index is 14.6.